The monoisotopic (exact) mass is 302 g/mol. The van der Waals surface area contributed by atoms with Gasteiger partial charge in [0.15, 0.2) is 16.6 Å². The Morgan fingerprint density at radius 2 is 2.14 bits per heavy atom. The molecular weight excluding hydrogens is 288 g/mol. The van der Waals surface area contributed by atoms with Gasteiger partial charge in [0.1, 0.15) is 0 Å². The minimum absolute atomic E-state index is 0.0787. The predicted molar refractivity (Wildman–Crippen MR) is 87.8 cm³/mol. The summed E-state index contributed by atoms with van der Waals surface area (Å²) in [6.07, 6.45) is 0. The van der Waals surface area contributed by atoms with Gasteiger partial charge in [-0.05, 0) is 24.4 Å². The van der Waals surface area contributed by atoms with E-state index in [-0.39, 0.29) is 11.5 Å². The highest BCUT2D eigenvalue weighted by Gasteiger charge is 2.24. The molecule has 0 saturated carbocycles. The Labute approximate surface area is 126 Å². The van der Waals surface area contributed by atoms with E-state index in [4.69, 9.17) is 18.0 Å². The van der Waals surface area contributed by atoms with Crippen LogP contribution < -0.4 is 26.8 Å². The third kappa shape index (κ3) is 2.65. The molecule has 8 heteroatoms. The first-order valence-electron chi connectivity index (χ1n) is 6.42. The molecule has 0 bridgehead atoms. The lowest BCUT2D eigenvalue weighted by Gasteiger charge is -2.30. The number of rotatable bonds is 1. The number of aromatic nitrogens is 2. The van der Waals surface area contributed by atoms with Crippen molar-refractivity contribution in [2.24, 2.45) is 0 Å². The van der Waals surface area contributed by atoms with Crippen molar-refractivity contribution in [2.75, 3.05) is 34.4 Å². The van der Waals surface area contributed by atoms with E-state index >= 15 is 0 Å². The number of hydrogen-bond donors (Lipinski definition) is 4. The maximum atomic E-state index is 12.1. The number of nitrogens with zero attached hydrogens (tertiary/aromatic N) is 2. The van der Waals surface area contributed by atoms with Crippen LogP contribution in [0.5, 0.6) is 0 Å². The third-order valence-corrected chi connectivity index (χ3v) is 3.40. The second kappa shape index (κ2) is 5.41. The van der Waals surface area contributed by atoms with E-state index in [0.29, 0.717) is 29.7 Å². The molecule has 0 atom stereocenters. The highest BCUT2D eigenvalue weighted by atomic mass is 32.1. The number of nitrogens with two attached hydrogens (primary N) is 1. The standard InChI is InChI=1S/C13H14N6OS/c14-12-17-10-9(11(20)18-12)19(7-6-15-10)13(21)16-8-4-2-1-3-5-8/h1-5H,6-7H2,(H,16,21)(H4,14,15,17,18,20). The zero-order valence-electron chi connectivity index (χ0n) is 11.1. The Kier molecular flexibility index (Phi) is 3.44. The summed E-state index contributed by atoms with van der Waals surface area (Å²) < 4.78 is 0. The van der Waals surface area contributed by atoms with Crippen molar-refractivity contribution >= 4 is 40.5 Å². The van der Waals surface area contributed by atoms with Crippen molar-refractivity contribution in [1.29, 1.82) is 0 Å². The molecule has 1 aliphatic heterocycles. The molecule has 3 rings (SSSR count). The van der Waals surface area contributed by atoms with E-state index in [1.807, 2.05) is 30.3 Å². The molecule has 0 fully saturated rings. The van der Waals surface area contributed by atoms with Gasteiger partial charge in [-0.1, -0.05) is 18.2 Å². The summed E-state index contributed by atoms with van der Waals surface area (Å²) >= 11 is 5.40. The number of aromatic amines is 1. The van der Waals surface area contributed by atoms with Gasteiger partial charge in [-0.2, -0.15) is 4.98 Å². The van der Waals surface area contributed by atoms with E-state index < -0.39 is 0 Å². The molecule has 1 aromatic heterocycles. The van der Waals surface area contributed by atoms with Crippen molar-refractivity contribution < 1.29 is 0 Å². The number of nitrogens with one attached hydrogen (secondary N) is 3. The zero-order chi connectivity index (χ0) is 14.8. The Bertz CT molecular complexity index is 729. The van der Waals surface area contributed by atoms with Gasteiger partial charge in [-0.15, -0.1) is 0 Å². The highest BCUT2D eigenvalue weighted by molar-refractivity contribution is 7.80. The fourth-order valence-electron chi connectivity index (χ4n) is 2.17. The lowest BCUT2D eigenvalue weighted by molar-refractivity contribution is 0.916. The zero-order valence-corrected chi connectivity index (χ0v) is 11.9. The van der Waals surface area contributed by atoms with Crippen molar-refractivity contribution in [1.82, 2.24) is 9.97 Å². The first-order chi connectivity index (χ1) is 10.1. The maximum absolute atomic E-state index is 12.1. The second-order valence-corrected chi connectivity index (χ2v) is 4.91. The molecule has 5 N–H and O–H groups in total. The van der Waals surface area contributed by atoms with Crippen molar-refractivity contribution in [3.8, 4) is 0 Å². The van der Waals surface area contributed by atoms with Gasteiger partial charge < -0.3 is 21.3 Å². The van der Waals surface area contributed by atoms with Gasteiger partial charge in [-0.3, -0.25) is 9.78 Å². The van der Waals surface area contributed by atoms with Crippen LogP contribution in [0.3, 0.4) is 0 Å². The van der Waals surface area contributed by atoms with E-state index in [1.165, 1.54) is 0 Å². The van der Waals surface area contributed by atoms with Crippen LogP contribution in [0, 0.1) is 0 Å². The molecular formula is C13H14N6OS. The Balaban J connectivity index is 1.92. The van der Waals surface area contributed by atoms with Crippen LogP contribution in [-0.4, -0.2) is 28.2 Å². The molecule has 1 aliphatic rings. The van der Waals surface area contributed by atoms with E-state index in [1.54, 1.807) is 4.90 Å². The summed E-state index contributed by atoms with van der Waals surface area (Å²) in [5, 5.41) is 6.61. The van der Waals surface area contributed by atoms with Crippen LogP contribution in [-0.2, 0) is 0 Å². The van der Waals surface area contributed by atoms with Gasteiger partial charge in [0.2, 0.25) is 5.95 Å². The SMILES string of the molecule is Nc1nc2c(c(=O)[nH]1)N(C(=S)Nc1ccccc1)CCN2. The fourth-order valence-corrected chi connectivity index (χ4v) is 2.47. The van der Waals surface area contributed by atoms with Gasteiger partial charge in [0.25, 0.3) is 5.56 Å². The fraction of sp³-hybridized carbons (Fsp3) is 0.154. The molecule has 108 valence electrons. The summed E-state index contributed by atoms with van der Waals surface area (Å²) in [7, 11) is 0. The molecule has 0 unspecified atom stereocenters. The van der Waals surface area contributed by atoms with E-state index in [9.17, 15) is 4.79 Å². The van der Waals surface area contributed by atoms with Gasteiger partial charge in [0.05, 0.1) is 0 Å². The Hall–Kier alpha value is -2.61. The lowest BCUT2D eigenvalue weighted by atomic mass is 10.3. The molecule has 0 amide bonds. The molecule has 1 aromatic carbocycles. The summed E-state index contributed by atoms with van der Waals surface area (Å²) in [4.78, 5) is 20.4. The average molecular weight is 302 g/mol. The van der Waals surface area contributed by atoms with Crippen LogP contribution >= 0.6 is 12.2 Å². The molecule has 0 aliphatic carbocycles. The summed E-state index contributed by atoms with van der Waals surface area (Å²) in [6.45, 7) is 1.19. The number of anilines is 4. The van der Waals surface area contributed by atoms with Crippen molar-refractivity contribution in [2.45, 2.75) is 0 Å². The molecule has 21 heavy (non-hydrogen) atoms. The molecule has 2 aromatic rings. The second-order valence-electron chi connectivity index (χ2n) is 4.52. The summed E-state index contributed by atoms with van der Waals surface area (Å²) in [5.74, 6) is 0.523. The van der Waals surface area contributed by atoms with Crippen LogP contribution in [0.25, 0.3) is 0 Å². The normalized spacial score (nSPS) is 13.2. The number of H-pyrrole nitrogens is 1. The third-order valence-electron chi connectivity index (χ3n) is 3.08. The minimum atomic E-state index is -0.318. The van der Waals surface area contributed by atoms with E-state index in [0.717, 1.165) is 5.69 Å². The summed E-state index contributed by atoms with van der Waals surface area (Å²) in [5.41, 5.74) is 6.48. The number of para-hydroxylation sites is 1. The highest BCUT2D eigenvalue weighted by Crippen LogP contribution is 2.23. The number of nitrogen functional groups attached to an aromatic ring is 1. The summed E-state index contributed by atoms with van der Waals surface area (Å²) in [6, 6.07) is 9.55. The first kappa shape index (κ1) is 13.4. The minimum Gasteiger partial charge on any atom is -0.369 e. The van der Waals surface area contributed by atoms with Gasteiger partial charge in [0, 0.05) is 18.8 Å². The van der Waals surface area contributed by atoms with Crippen LogP contribution in [0.2, 0.25) is 0 Å². The number of benzene rings is 1. The number of fused-ring (bicyclic) bond motifs is 1. The average Bonchev–Trinajstić information content (AvgIpc) is 2.47. The number of hydrogen-bond acceptors (Lipinski definition) is 5. The van der Waals surface area contributed by atoms with Crippen molar-refractivity contribution in [3.05, 3.63) is 40.7 Å². The Morgan fingerprint density at radius 1 is 1.38 bits per heavy atom. The quantitative estimate of drug-likeness (QED) is 0.583. The first-order valence-corrected chi connectivity index (χ1v) is 6.83. The van der Waals surface area contributed by atoms with Crippen LogP contribution in [0.1, 0.15) is 0 Å². The molecule has 0 spiro atoms. The molecule has 2 heterocycles. The largest absolute Gasteiger partial charge is 0.369 e. The molecule has 7 nitrogen and oxygen atoms in total. The van der Waals surface area contributed by atoms with Crippen LogP contribution in [0.15, 0.2) is 35.1 Å². The van der Waals surface area contributed by atoms with Gasteiger partial charge in [-0.25, -0.2) is 0 Å². The predicted octanol–water partition coefficient (Wildman–Crippen LogP) is 0.981. The van der Waals surface area contributed by atoms with Crippen LogP contribution in [0.4, 0.5) is 23.1 Å². The molecule has 0 saturated heterocycles. The van der Waals surface area contributed by atoms with E-state index in [2.05, 4.69) is 20.6 Å². The lowest BCUT2D eigenvalue weighted by Crippen LogP contribution is -2.45. The molecule has 0 radical (unpaired) electrons. The smallest absolute Gasteiger partial charge is 0.278 e. The number of thiocarbonyl (C=S) groups is 1. The van der Waals surface area contributed by atoms with Crippen molar-refractivity contribution in [3.63, 3.8) is 0 Å². The Morgan fingerprint density at radius 3 is 2.90 bits per heavy atom. The maximum Gasteiger partial charge on any atom is 0.278 e. The van der Waals surface area contributed by atoms with Gasteiger partial charge >= 0.3 is 0 Å². The topological polar surface area (TPSA) is 99.1 Å².